The molecule has 0 aliphatic carbocycles. The van der Waals surface area contributed by atoms with Gasteiger partial charge in [-0.05, 0) is 43.4 Å². The molecule has 0 radical (unpaired) electrons. The first-order valence-corrected chi connectivity index (χ1v) is 12.9. The van der Waals surface area contributed by atoms with Crippen molar-refractivity contribution in [2.75, 3.05) is 69.4 Å². The van der Waals surface area contributed by atoms with Gasteiger partial charge in [0.1, 0.15) is 11.4 Å². The molecule has 0 N–H and O–H groups in total. The summed E-state index contributed by atoms with van der Waals surface area (Å²) in [5.41, 5.74) is 1.45. The molecule has 12 heteroatoms. The minimum absolute atomic E-state index is 0. The second-order valence-corrected chi connectivity index (χ2v) is 9.38. The van der Waals surface area contributed by atoms with Crippen LogP contribution in [0.15, 0.2) is 36.4 Å². The highest BCUT2D eigenvalue weighted by Gasteiger charge is 2.27. The Bertz CT molecular complexity index is 1230. The third-order valence-corrected chi connectivity index (χ3v) is 7.41. The van der Waals surface area contributed by atoms with Crippen LogP contribution < -0.4 is 14.5 Å². The van der Waals surface area contributed by atoms with Crippen molar-refractivity contribution in [2.24, 2.45) is 0 Å². The number of methoxy groups -OCH3 is 1. The first-order valence-electron chi connectivity index (χ1n) is 12.0. The molecule has 0 atom stereocenters. The van der Waals surface area contributed by atoms with Gasteiger partial charge >= 0.3 is 0 Å². The van der Waals surface area contributed by atoms with Gasteiger partial charge in [-0.15, -0.1) is 12.4 Å². The Hall–Kier alpha value is -2.99. The molecule has 1 fully saturated rings. The molecular formula is C25H32ClN5O5S. The third kappa shape index (κ3) is 6.48. The quantitative estimate of drug-likeness (QED) is 0.270. The number of carbonyl (C=O) groups excluding carboxylic acids is 1. The van der Waals surface area contributed by atoms with Crippen LogP contribution in [0, 0.1) is 10.1 Å². The first-order chi connectivity index (χ1) is 17.4. The minimum atomic E-state index is -0.425. The Morgan fingerprint density at radius 3 is 2.54 bits per heavy atom. The number of anilines is 2. The van der Waals surface area contributed by atoms with E-state index in [9.17, 15) is 14.9 Å². The van der Waals surface area contributed by atoms with Crippen LogP contribution in [0.1, 0.15) is 24.2 Å². The van der Waals surface area contributed by atoms with E-state index >= 15 is 0 Å². The van der Waals surface area contributed by atoms with Crippen LogP contribution in [-0.4, -0.2) is 80.3 Å². The zero-order valence-corrected chi connectivity index (χ0v) is 22.8. The number of nitro benzene ring substituents is 1. The molecule has 0 bridgehead atoms. The number of ether oxygens (including phenoxy) is 2. The molecule has 200 valence electrons. The number of fused-ring (bicyclic) bond motifs is 1. The predicted molar refractivity (Wildman–Crippen MR) is 149 cm³/mol. The largest absolute Gasteiger partial charge is 0.497 e. The summed E-state index contributed by atoms with van der Waals surface area (Å²) in [7, 11) is 1.61. The molecule has 1 aliphatic heterocycles. The molecular weight excluding hydrogens is 518 g/mol. The number of amides is 1. The van der Waals surface area contributed by atoms with Crippen LogP contribution in [0.25, 0.3) is 10.2 Å². The second-order valence-electron chi connectivity index (χ2n) is 8.37. The fourth-order valence-corrected chi connectivity index (χ4v) is 5.25. The van der Waals surface area contributed by atoms with Gasteiger partial charge in [-0.3, -0.25) is 19.8 Å². The van der Waals surface area contributed by atoms with Gasteiger partial charge in [0.2, 0.25) is 0 Å². The van der Waals surface area contributed by atoms with Gasteiger partial charge in [0.15, 0.2) is 5.13 Å². The van der Waals surface area contributed by atoms with Crippen molar-refractivity contribution in [2.45, 2.75) is 13.8 Å². The number of nitrogens with zero attached hydrogens (tertiary/aromatic N) is 5. The maximum Gasteiger partial charge on any atom is 0.293 e. The van der Waals surface area contributed by atoms with Gasteiger partial charge in [0.05, 0.1) is 35.5 Å². The van der Waals surface area contributed by atoms with E-state index in [1.807, 2.05) is 23.1 Å². The number of thiazole rings is 1. The normalized spacial score (nSPS) is 13.5. The molecule has 10 nitrogen and oxygen atoms in total. The Kier molecular flexibility index (Phi) is 10.0. The molecule has 0 spiro atoms. The number of hydrogen-bond acceptors (Lipinski definition) is 9. The lowest BCUT2D eigenvalue weighted by Gasteiger charge is -2.29. The third-order valence-electron chi connectivity index (χ3n) is 6.37. The highest BCUT2D eigenvalue weighted by molar-refractivity contribution is 7.22. The number of hydrogen-bond donors (Lipinski definition) is 0. The van der Waals surface area contributed by atoms with Crippen molar-refractivity contribution < 1.29 is 19.2 Å². The van der Waals surface area contributed by atoms with Crippen LogP contribution in [0.2, 0.25) is 0 Å². The monoisotopic (exact) mass is 549 g/mol. The minimum Gasteiger partial charge on any atom is -0.497 e. The van der Waals surface area contributed by atoms with Crippen LogP contribution >= 0.6 is 23.7 Å². The average molecular weight is 550 g/mol. The standard InChI is InChI=1S/C25H31N5O5S.ClH/c1-4-27(5-2)10-11-29(25-26-20-8-7-19(34-3)17-23(20)36-25)24(31)18-6-9-21(22(16-18)30(32)33)28-12-14-35-15-13-28;/h6-9,16-17H,4-5,10-15H2,1-3H3;1H. The molecule has 0 saturated carbocycles. The maximum atomic E-state index is 13.8. The lowest BCUT2D eigenvalue weighted by molar-refractivity contribution is -0.384. The lowest BCUT2D eigenvalue weighted by atomic mass is 10.1. The molecule has 2 aromatic carbocycles. The zero-order valence-electron chi connectivity index (χ0n) is 21.2. The summed E-state index contributed by atoms with van der Waals surface area (Å²) >= 11 is 1.40. The fraction of sp³-hybridized carbons (Fsp3) is 0.440. The van der Waals surface area contributed by atoms with E-state index in [1.54, 1.807) is 24.1 Å². The smallest absolute Gasteiger partial charge is 0.293 e. The van der Waals surface area contributed by atoms with E-state index < -0.39 is 4.92 Å². The summed E-state index contributed by atoms with van der Waals surface area (Å²) in [5.74, 6) is 0.401. The molecule has 1 amide bonds. The summed E-state index contributed by atoms with van der Waals surface area (Å²) in [6, 6.07) is 10.3. The van der Waals surface area contributed by atoms with E-state index in [4.69, 9.17) is 14.5 Å². The lowest BCUT2D eigenvalue weighted by Crippen LogP contribution is -2.39. The van der Waals surface area contributed by atoms with Crippen molar-refractivity contribution in [1.82, 2.24) is 9.88 Å². The number of likely N-dealkylation sites (N-methyl/N-ethyl adjacent to an activating group) is 1. The Morgan fingerprint density at radius 2 is 1.89 bits per heavy atom. The van der Waals surface area contributed by atoms with Crippen LogP contribution in [0.4, 0.5) is 16.5 Å². The average Bonchev–Trinajstić information content (AvgIpc) is 3.34. The van der Waals surface area contributed by atoms with E-state index in [-0.39, 0.29) is 29.6 Å². The van der Waals surface area contributed by atoms with E-state index in [0.717, 1.165) is 23.3 Å². The SMILES string of the molecule is CCN(CC)CCN(C(=O)c1ccc(N2CCOCC2)c([N+](=O)[O-])c1)c1nc2ccc(OC)cc2s1.Cl. The topological polar surface area (TPSA) is 101 Å². The first kappa shape index (κ1) is 28.6. The highest BCUT2D eigenvalue weighted by atomic mass is 35.5. The number of carbonyl (C=O) groups is 1. The number of halogens is 1. The van der Waals surface area contributed by atoms with Gasteiger partial charge in [0.25, 0.3) is 11.6 Å². The number of rotatable bonds is 10. The van der Waals surface area contributed by atoms with Gasteiger partial charge in [-0.25, -0.2) is 4.98 Å². The van der Waals surface area contributed by atoms with Crippen molar-refractivity contribution >= 4 is 56.4 Å². The molecule has 4 rings (SSSR count). The predicted octanol–water partition coefficient (Wildman–Crippen LogP) is 4.46. The van der Waals surface area contributed by atoms with Gasteiger partial charge < -0.3 is 19.3 Å². The molecule has 0 unspecified atom stereocenters. The van der Waals surface area contributed by atoms with Crippen molar-refractivity contribution in [3.8, 4) is 5.75 Å². The molecule has 2 heterocycles. The number of nitro groups is 1. The van der Waals surface area contributed by atoms with E-state index in [1.165, 1.54) is 17.4 Å². The van der Waals surface area contributed by atoms with Gasteiger partial charge in [0, 0.05) is 37.8 Å². The number of aromatic nitrogens is 1. The highest BCUT2D eigenvalue weighted by Crippen LogP contribution is 2.34. The van der Waals surface area contributed by atoms with E-state index in [2.05, 4.69) is 18.7 Å². The molecule has 37 heavy (non-hydrogen) atoms. The summed E-state index contributed by atoms with van der Waals surface area (Å²) in [5, 5.41) is 12.5. The summed E-state index contributed by atoms with van der Waals surface area (Å²) in [6.45, 7) is 9.10. The van der Waals surface area contributed by atoms with Crippen molar-refractivity contribution in [1.29, 1.82) is 0 Å². The number of morpholine rings is 1. The number of benzene rings is 2. The Labute approximate surface area is 226 Å². The van der Waals surface area contributed by atoms with E-state index in [0.29, 0.717) is 56.0 Å². The molecule has 1 aliphatic rings. The van der Waals surface area contributed by atoms with Crippen molar-refractivity contribution in [3.63, 3.8) is 0 Å². The molecule has 3 aromatic rings. The van der Waals surface area contributed by atoms with Crippen LogP contribution in [0.5, 0.6) is 5.75 Å². The maximum absolute atomic E-state index is 13.8. The van der Waals surface area contributed by atoms with Crippen LogP contribution in [-0.2, 0) is 4.74 Å². The van der Waals surface area contributed by atoms with Crippen LogP contribution in [0.3, 0.4) is 0 Å². The second kappa shape index (κ2) is 13.0. The Morgan fingerprint density at radius 1 is 1.16 bits per heavy atom. The fourth-order valence-electron chi connectivity index (χ4n) is 4.23. The van der Waals surface area contributed by atoms with Gasteiger partial charge in [-0.1, -0.05) is 25.2 Å². The molecule has 1 aromatic heterocycles. The summed E-state index contributed by atoms with van der Waals surface area (Å²) < 4.78 is 11.6. The van der Waals surface area contributed by atoms with Gasteiger partial charge in [-0.2, -0.15) is 0 Å². The zero-order chi connectivity index (χ0) is 25.7. The summed E-state index contributed by atoms with van der Waals surface area (Å²) in [4.78, 5) is 35.8. The van der Waals surface area contributed by atoms with Crippen molar-refractivity contribution in [3.05, 3.63) is 52.1 Å². The summed E-state index contributed by atoms with van der Waals surface area (Å²) in [6.07, 6.45) is 0. The molecule has 1 saturated heterocycles. The Balaban J connectivity index is 0.00000380.